The highest BCUT2D eigenvalue weighted by Crippen LogP contribution is 2.41. The Balaban J connectivity index is 1.55. The average molecular weight is 759 g/mol. The molecule has 4 rings (SSSR count). The molecular formula is C43H62O6Si3. The van der Waals surface area contributed by atoms with Gasteiger partial charge in [0.05, 0.1) is 0 Å². The Kier molecular flexibility index (Phi) is 17.2. The Morgan fingerprint density at radius 1 is 0.346 bits per heavy atom. The van der Waals surface area contributed by atoms with Crippen LogP contribution in [0.4, 0.5) is 0 Å². The van der Waals surface area contributed by atoms with Gasteiger partial charge in [0, 0.05) is 42.7 Å². The molecule has 9 heteroatoms. The van der Waals surface area contributed by atoms with Gasteiger partial charge >= 0.3 is 25.7 Å². The third-order valence-corrected chi connectivity index (χ3v) is 21.9. The molecule has 0 fully saturated rings. The van der Waals surface area contributed by atoms with Crippen LogP contribution in [0.2, 0.25) is 18.1 Å². The van der Waals surface area contributed by atoms with Gasteiger partial charge in [0.2, 0.25) is 0 Å². The molecule has 4 aromatic rings. The molecule has 4 aromatic carbocycles. The van der Waals surface area contributed by atoms with Crippen molar-refractivity contribution in [2.75, 3.05) is 42.7 Å². The van der Waals surface area contributed by atoms with E-state index >= 15 is 0 Å². The van der Waals surface area contributed by atoms with Crippen molar-refractivity contribution in [2.45, 2.75) is 81.3 Å². The molecule has 0 atom stereocenters. The first-order valence-corrected chi connectivity index (χ1v) is 25.0. The zero-order valence-electron chi connectivity index (χ0n) is 32.5. The van der Waals surface area contributed by atoms with Gasteiger partial charge < -0.3 is 26.6 Å². The SMILES string of the molecule is CO[Si](CCCCC(CCCC[Si](OC)(OC)c1ccccc1)(CCCC[Si](OC)(OC)c1ccccc1)c1ccccc1)(OC)c1ccccc1. The van der Waals surface area contributed by atoms with E-state index in [4.69, 9.17) is 26.6 Å². The Morgan fingerprint density at radius 3 is 0.846 bits per heavy atom. The molecule has 0 aliphatic carbocycles. The maximum absolute atomic E-state index is 6.20. The van der Waals surface area contributed by atoms with Gasteiger partial charge in [0.15, 0.2) is 0 Å². The van der Waals surface area contributed by atoms with Crippen LogP contribution in [0.15, 0.2) is 121 Å². The molecule has 0 unspecified atom stereocenters. The van der Waals surface area contributed by atoms with E-state index in [9.17, 15) is 0 Å². The zero-order chi connectivity index (χ0) is 37.2. The Labute approximate surface area is 317 Å². The highest BCUT2D eigenvalue weighted by molar-refractivity contribution is 6.82. The molecule has 0 aromatic heterocycles. The molecule has 0 heterocycles. The minimum Gasteiger partial charge on any atom is -0.394 e. The lowest BCUT2D eigenvalue weighted by Gasteiger charge is -2.37. The fourth-order valence-electron chi connectivity index (χ4n) is 8.14. The molecule has 0 aliphatic rings. The second-order valence-corrected chi connectivity index (χ2v) is 24.0. The summed E-state index contributed by atoms with van der Waals surface area (Å²) in [5, 5.41) is 3.58. The van der Waals surface area contributed by atoms with Gasteiger partial charge in [-0.25, -0.2) is 0 Å². The fraction of sp³-hybridized carbons (Fsp3) is 0.442. The number of hydrogen-bond donors (Lipinski definition) is 0. The number of hydrogen-bond acceptors (Lipinski definition) is 6. The van der Waals surface area contributed by atoms with Crippen LogP contribution in [0.3, 0.4) is 0 Å². The number of unbranched alkanes of at least 4 members (excludes halogenated alkanes) is 3. The molecule has 0 N–H and O–H groups in total. The lowest BCUT2D eigenvalue weighted by molar-refractivity contribution is 0.249. The van der Waals surface area contributed by atoms with Crippen LogP contribution in [0, 0.1) is 0 Å². The van der Waals surface area contributed by atoms with E-state index in [1.54, 1.807) is 0 Å². The standard InChI is InChI=1S/C43H62O6Si3/c1-44-50(45-2,40-27-13-8-14-28-40)36-22-19-33-43(39-25-11-7-12-26-39,34-20-23-37-51(46-3,47-4)41-29-15-9-16-30-41)35-21-24-38-52(48-5,49-6)42-31-17-10-18-32-42/h7-18,25-32H,19-24,33-38H2,1-6H3. The monoisotopic (exact) mass is 758 g/mol. The van der Waals surface area contributed by atoms with Crippen molar-refractivity contribution in [1.29, 1.82) is 0 Å². The topological polar surface area (TPSA) is 55.4 Å². The Bertz CT molecular complexity index is 1360. The molecular weight excluding hydrogens is 697 g/mol. The summed E-state index contributed by atoms with van der Waals surface area (Å²) in [6, 6.07) is 45.7. The van der Waals surface area contributed by atoms with Crippen LogP contribution >= 0.6 is 0 Å². The predicted molar refractivity (Wildman–Crippen MR) is 222 cm³/mol. The molecule has 52 heavy (non-hydrogen) atoms. The average Bonchev–Trinajstić information content (AvgIpc) is 3.22. The first kappa shape index (κ1) is 42.0. The van der Waals surface area contributed by atoms with Crippen molar-refractivity contribution in [3.63, 3.8) is 0 Å². The van der Waals surface area contributed by atoms with E-state index in [0.29, 0.717) is 0 Å². The quantitative estimate of drug-likeness (QED) is 0.0501. The Hall–Kier alpha value is -2.71. The molecule has 0 saturated heterocycles. The third kappa shape index (κ3) is 10.5. The van der Waals surface area contributed by atoms with E-state index in [0.717, 1.165) is 75.9 Å². The lowest BCUT2D eigenvalue weighted by atomic mass is 9.69. The fourth-order valence-corrected chi connectivity index (χ4v) is 16.4. The van der Waals surface area contributed by atoms with E-state index in [1.807, 2.05) is 42.7 Å². The number of benzene rings is 4. The Morgan fingerprint density at radius 2 is 0.596 bits per heavy atom. The summed E-state index contributed by atoms with van der Waals surface area (Å²) >= 11 is 0. The lowest BCUT2D eigenvalue weighted by Crippen LogP contribution is -2.52. The van der Waals surface area contributed by atoms with Gasteiger partial charge in [-0.05, 0) is 63.9 Å². The maximum atomic E-state index is 6.20. The molecule has 0 spiro atoms. The molecule has 0 amide bonds. The zero-order valence-corrected chi connectivity index (χ0v) is 35.5. The van der Waals surface area contributed by atoms with Crippen LogP contribution < -0.4 is 15.6 Å². The van der Waals surface area contributed by atoms with E-state index in [-0.39, 0.29) is 5.41 Å². The smallest absolute Gasteiger partial charge is 0.371 e. The van der Waals surface area contributed by atoms with Crippen LogP contribution in [0.5, 0.6) is 0 Å². The summed E-state index contributed by atoms with van der Waals surface area (Å²) in [7, 11) is 3.30. The first-order chi connectivity index (χ1) is 25.4. The van der Waals surface area contributed by atoms with Crippen molar-refractivity contribution in [1.82, 2.24) is 0 Å². The van der Waals surface area contributed by atoms with Crippen molar-refractivity contribution >= 4 is 41.2 Å². The number of rotatable bonds is 25. The molecule has 0 saturated carbocycles. The van der Waals surface area contributed by atoms with Gasteiger partial charge in [-0.15, -0.1) is 0 Å². The molecule has 0 radical (unpaired) electrons. The minimum absolute atomic E-state index is 0.0343. The van der Waals surface area contributed by atoms with Crippen molar-refractivity contribution in [3.05, 3.63) is 127 Å². The summed E-state index contributed by atoms with van der Waals surface area (Å²) in [5.41, 5.74) is 1.47. The second-order valence-electron chi connectivity index (χ2n) is 13.8. The summed E-state index contributed by atoms with van der Waals surface area (Å²) in [6.45, 7) is 0. The van der Waals surface area contributed by atoms with Crippen molar-refractivity contribution in [3.8, 4) is 0 Å². The van der Waals surface area contributed by atoms with Crippen LogP contribution in [-0.2, 0) is 32.0 Å². The minimum atomic E-state index is -2.53. The van der Waals surface area contributed by atoms with E-state index < -0.39 is 25.7 Å². The summed E-state index contributed by atoms with van der Waals surface area (Å²) < 4.78 is 37.2. The molecule has 0 bridgehead atoms. The third-order valence-electron chi connectivity index (χ3n) is 11.2. The van der Waals surface area contributed by atoms with Gasteiger partial charge in [0.25, 0.3) is 0 Å². The predicted octanol–water partition coefficient (Wildman–Crippen LogP) is 8.36. The normalized spacial score (nSPS) is 12.7. The van der Waals surface area contributed by atoms with Gasteiger partial charge in [0.1, 0.15) is 0 Å². The van der Waals surface area contributed by atoms with Gasteiger partial charge in [-0.2, -0.15) is 0 Å². The first-order valence-electron chi connectivity index (χ1n) is 18.9. The summed E-state index contributed by atoms with van der Waals surface area (Å²) in [5.74, 6) is 0. The molecule has 282 valence electrons. The van der Waals surface area contributed by atoms with Crippen molar-refractivity contribution < 1.29 is 26.6 Å². The van der Waals surface area contributed by atoms with E-state index in [2.05, 4.69) is 121 Å². The largest absolute Gasteiger partial charge is 0.394 e. The van der Waals surface area contributed by atoms with Gasteiger partial charge in [-0.3, -0.25) is 0 Å². The highest BCUT2D eigenvalue weighted by atomic mass is 28.4. The summed E-state index contributed by atoms with van der Waals surface area (Å²) in [6.07, 6.45) is 9.76. The van der Waals surface area contributed by atoms with Crippen LogP contribution in [-0.4, -0.2) is 68.3 Å². The van der Waals surface area contributed by atoms with Crippen molar-refractivity contribution in [2.24, 2.45) is 0 Å². The summed E-state index contributed by atoms with van der Waals surface area (Å²) in [4.78, 5) is 0. The van der Waals surface area contributed by atoms with E-state index in [1.165, 1.54) is 21.1 Å². The highest BCUT2D eigenvalue weighted by Gasteiger charge is 2.41. The van der Waals surface area contributed by atoms with Crippen LogP contribution in [0.25, 0.3) is 0 Å². The van der Waals surface area contributed by atoms with Crippen LogP contribution in [0.1, 0.15) is 63.4 Å². The molecule has 0 aliphatic heterocycles. The van der Waals surface area contributed by atoms with Gasteiger partial charge in [-0.1, -0.05) is 160 Å². The maximum Gasteiger partial charge on any atom is 0.371 e. The second kappa shape index (κ2) is 21.2. The molecule has 6 nitrogen and oxygen atoms in total.